The average molecular weight is 380 g/mol. The summed E-state index contributed by atoms with van der Waals surface area (Å²) in [7, 11) is 0. The Balaban J connectivity index is 1.41. The van der Waals surface area contributed by atoms with Crippen LogP contribution < -0.4 is 15.8 Å². The molecule has 0 aliphatic carbocycles. The molecule has 1 aromatic heterocycles. The van der Waals surface area contributed by atoms with Crippen LogP contribution in [0.25, 0.3) is 21.7 Å². The molecule has 0 spiro atoms. The van der Waals surface area contributed by atoms with E-state index in [0.29, 0.717) is 12.0 Å². The number of hydrogen-bond acceptors (Lipinski definition) is 3. The van der Waals surface area contributed by atoms with Crippen LogP contribution in [0.5, 0.6) is 0 Å². The molecule has 0 atom stereocenters. The van der Waals surface area contributed by atoms with Crippen molar-refractivity contribution in [2.75, 3.05) is 19.6 Å². The van der Waals surface area contributed by atoms with Gasteiger partial charge in [-0.3, -0.25) is 20.4 Å². The fourth-order valence-corrected chi connectivity index (χ4v) is 4.00. The van der Waals surface area contributed by atoms with Crippen molar-refractivity contribution < 1.29 is 18.9 Å². The standard InChI is InChI=1S/C22H25N3O3/c1-15-17-10-9-16-7-3-4-8-18(16)21(17)28-20(15)22(27)24-23-19(26)11-14-25-12-5-2-6-13-25/h3-4,7-10H,2,5-6,11-14H2,1H3,(H,23,26)(H,24,27)/p+1. The molecule has 0 saturated carbocycles. The van der Waals surface area contributed by atoms with E-state index in [-0.39, 0.29) is 11.7 Å². The number of likely N-dealkylation sites (tertiary alicyclic amines) is 1. The number of piperidine rings is 1. The third kappa shape index (κ3) is 3.73. The first-order valence-electron chi connectivity index (χ1n) is 9.97. The van der Waals surface area contributed by atoms with E-state index in [4.69, 9.17) is 4.42 Å². The molecule has 3 N–H and O–H groups in total. The highest BCUT2D eigenvalue weighted by Crippen LogP contribution is 2.31. The molecule has 28 heavy (non-hydrogen) atoms. The van der Waals surface area contributed by atoms with Gasteiger partial charge in [0.15, 0.2) is 5.76 Å². The number of rotatable bonds is 4. The van der Waals surface area contributed by atoms with E-state index in [1.54, 1.807) is 0 Å². The van der Waals surface area contributed by atoms with Gasteiger partial charge < -0.3 is 9.32 Å². The normalized spacial score (nSPS) is 15.0. The summed E-state index contributed by atoms with van der Waals surface area (Å²) in [5.74, 6) is -0.379. The number of carbonyl (C=O) groups excluding carboxylic acids is 2. The number of fused-ring (bicyclic) bond motifs is 3. The summed E-state index contributed by atoms with van der Waals surface area (Å²) in [5.41, 5.74) is 6.48. The van der Waals surface area contributed by atoms with Crippen LogP contribution in [0.2, 0.25) is 0 Å². The largest absolute Gasteiger partial charge is 0.450 e. The van der Waals surface area contributed by atoms with Crippen molar-refractivity contribution in [1.82, 2.24) is 10.9 Å². The van der Waals surface area contributed by atoms with Crippen LogP contribution in [0, 0.1) is 6.92 Å². The number of carbonyl (C=O) groups is 2. The van der Waals surface area contributed by atoms with Gasteiger partial charge >= 0.3 is 5.91 Å². The van der Waals surface area contributed by atoms with Crippen molar-refractivity contribution in [2.45, 2.75) is 32.6 Å². The SMILES string of the molecule is Cc1c(C(=O)NNC(=O)CC[NH+]2CCCCC2)oc2c1ccc1ccccc12. The van der Waals surface area contributed by atoms with Crippen LogP contribution in [0.1, 0.15) is 41.8 Å². The summed E-state index contributed by atoms with van der Waals surface area (Å²) in [6.45, 7) is 4.92. The van der Waals surface area contributed by atoms with Crippen LogP contribution >= 0.6 is 0 Å². The highest BCUT2D eigenvalue weighted by atomic mass is 16.3. The topological polar surface area (TPSA) is 75.8 Å². The summed E-state index contributed by atoms with van der Waals surface area (Å²) < 4.78 is 5.89. The zero-order valence-electron chi connectivity index (χ0n) is 16.1. The van der Waals surface area contributed by atoms with Gasteiger partial charge in [0.2, 0.25) is 5.91 Å². The predicted molar refractivity (Wildman–Crippen MR) is 108 cm³/mol. The van der Waals surface area contributed by atoms with Crippen LogP contribution in [0.4, 0.5) is 0 Å². The van der Waals surface area contributed by atoms with E-state index in [1.807, 2.05) is 43.3 Å². The van der Waals surface area contributed by atoms with Crippen LogP contribution in [0.15, 0.2) is 40.8 Å². The van der Waals surface area contributed by atoms with Crippen molar-refractivity contribution in [3.8, 4) is 0 Å². The number of hydrogen-bond donors (Lipinski definition) is 3. The Labute approximate surface area is 163 Å². The van der Waals surface area contributed by atoms with Crippen molar-refractivity contribution in [3.05, 3.63) is 47.7 Å². The van der Waals surface area contributed by atoms with Crippen molar-refractivity contribution in [3.63, 3.8) is 0 Å². The summed E-state index contributed by atoms with van der Waals surface area (Å²) in [6.07, 6.45) is 4.15. The number of aryl methyl sites for hydroxylation is 1. The Kier molecular flexibility index (Phi) is 5.30. The average Bonchev–Trinajstić information content (AvgIpc) is 3.08. The smallest absolute Gasteiger partial charge is 0.305 e. The quantitative estimate of drug-likeness (QED) is 0.607. The summed E-state index contributed by atoms with van der Waals surface area (Å²) in [5, 5.41) is 2.93. The van der Waals surface area contributed by atoms with Crippen molar-refractivity contribution >= 4 is 33.6 Å². The number of furan rings is 1. The van der Waals surface area contributed by atoms with E-state index in [1.165, 1.54) is 24.2 Å². The lowest BCUT2D eigenvalue weighted by molar-refractivity contribution is -0.904. The molecular formula is C22H26N3O3+. The number of quaternary nitrogens is 1. The first-order valence-corrected chi connectivity index (χ1v) is 9.97. The monoisotopic (exact) mass is 380 g/mol. The summed E-state index contributed by atoms with van der Waals surface area (Å²) in [6, 6.07) is 11.9. The molecule has 1 aliphatic heterocycles. The highest BCUT2D eigenvalue weighted by Gasteiger charge is 2.20. The Bertz CT molecular complexity index is 1020. The van der Waals surface area contributed by atoms with Gasteiger partial charge in [0.25, 0.3) is 0 Å². The van der Waals surface area contributed by atoms with E-state index in [9.17, 15) is 9.59 Å². The molecule has 0 unspecified atom stereocenters. The van der Waals surface area contributed by atoms with Crippen LogP contribution in [-0.2, 0) is 4.79 Å². The molecule has 2 amide bonds. The lowest BCUT2D eigenvalue weighted by atomic mass is 10.1. The van der Waals surface area contributed by atoms with E-state index in [2.05, 4.69) is 10.9 Å². The molecule has 146 valence electrons. The molecule has 0 bridgehead atoms. The number of nitrogens with one attached hydrogen (secondary N) is 3. The third-order valence-electron chi connectivity index (χ3n) is 5.62. The first-order chi connectivity index (χ1) is 13.6. The maximum Gasteiger partial charge on any atom is 0.305 e. The number of benzene rings is 2. The molecule has 2 aromatic carbocycles. The minimum absolute atomic E-state index is 0.175. The second-order valence-corrected chi connectivity index (χ2v) is 7.53. The van der Waals surface area contributed by atoms with Gasteiger partial charge in [-0.2, -0.15) is 0 Å². The van der Waals surface area contributed by atoms with E-state index >= 15 is 0 Å². The molecule has 1 aliphatic rings. The molecule has 6 nitrogen and oxygen atoms in total. The Morgan fingerprint density at radius 2 is 1.79 bits per heavy atom. The van der Waals surface area contributed by atoms with Crippen molar-refractivity contribution in [1.29, 1.82) is 0 Å². The molecule has 2 heterocycles. The Hall–Kier alpha value is -2.86. The molecule has 1 saturated heterocycles. The van der Waals surface area contributed by atoms with E-state index in [0.717, 1.165) is 41.4 Å². The van der Waals surface area contributed by atoms with Gasteiger partial charge in [-0.15, -0.1) is 0 Å². The molecule has 4 rings (SSSR count). The van der Waals surface area contributed by atoms with Gasteiger partial charge in [0, 0.05) is 16.3 Å². The minimum Gasteiger partial charge on any atom is -0.450 e. The highest BCUT2D eigenvalue weighted by molar-refractivity contribution is 6.09. The van der Waals surface area contributed by atoms with Gasteiger partial charge in [-0.1, -0.05) is 36.4 Å². The lowest BCUT2D eigenvalue weighted by Crippen LogP contribution is -3.12. The molecule has 1 fully saturated rings. The fraction of sp³-hybridized carbons (Fsp3) is 0.364. The van der Waals surface area contributed by atoms with Gasteiger partial charge in [-0.25, -0.2) is 0 Å². The third-order valence-corrected chi connectivity index (χ3v) is 5.62. The van der Waals surface area contributed by atoms with Crippen LogP contribution in [0.3, 0.4) is 0 Å². The van der Waals surface area contributed by atoms with Gasteiger partial charge in [0.1, 0.15) is 5.58 Å². The second kappa shape index (κ2) is 8.02. The lowest BCUT2D eigenvalue weighted by Gasteiger charge is -2.23. The van der Waals surface area contributed by atoms with E-state index < -0.39 is 5.91 Å². The predicted octanol–water partition coefficient (Wildman–Crippen LogP) is 2.11. The van der Waals surface area contributed by atoms with Crippen molar-refractivity contribution in [2.24, 2.45) is 0 Å². The Morgan fingerprint density at radius 1 is 1.00 bits per heavy atom. The molecule has 0 radical (unpaired) electrons. The van der Waals surface area contributed by atoms with Gasteiger partial charge in [0.05, 0.1) is 26.1 Å². The van der Waals surface area contributed by atoms with Crippen LogP contribution in [-0.4, -0.2) is 31.4 Å². The fourth-order valence-electron chi connectivity index (χ4n) is 4.00. The molecule has 6 heteroatoms. The number of amides is 2. The first kappa shape index (κ1) is 18.5. The zero-order chi connectivity index (χ0) is 19.5. The second-order valence-electron chi connectivity index (χ2n) is 7.53. The molecule has 3 aromatic rings. The molecular weight excluding hydrogens is 354 g/mol. The van der Waals surface area contributed by atoms with Gasteiger partial charge in [-0.05, 0) is 31.6 Å². The summed E-state index contributed by atoms with van der Waals surface area (Å²) >= 11 is 0. The minimum atomic E-state index is -0.434. The summed E-state index contributed by atoms with van der Waals surface area (Å²) in [4.78, 5) is 26.1. The number of hydrazine groups is 1. The maximum atomic E-state index is 12.6. The maximum absolute atomic E-state index is 12.6. The Morgan fingerprint density at radius 3 is 2.61 bits per heavy atom. The zero-order valence-corrected chi connectivity index (χ0v) is 16.1.